The van der Waals surface area contributed by atoms with E-state index in [-0.39, 0.29) is 46.8 Å². The summed E-state index contributed by atoms with van der Waals surface area (Å²) in [5, 5.41) is 3.03. The molecular weight excluding hydrogens is 590 g/mol. The van der Waals surface area contributed by atoms with E-state index >= 15 is 0 Å². The number of amides is 2. The Balaban J connectivity index is 1.58. The normalized spacial score (nSPS) is 18.6. The third kappa shape index (κ3) is 8.00. The van der Waals surface area contributed by atoms with Crippen LogP contribution in [0.25, 0.3) is 11.3 Å². The van der Waals surface area contributed by atoms with Crippen LogP contribution in [-0.2, 0) is 14.8 Å². The highest BCUT2D eigenvalue weighted by Gasteiger charge is 2.33. The average Bonchev–Trinajstić information content (AvgIpc) is 3.49. The predicted molar refractivity (Wildman–Crippen MR) is 174 cm³/mol. The number of ether oxygens (including phenoxy) is 1. The Morgan fingerprint density at radius 2 is 1.73 bits per heavy atom. The van der Waals surface area contributed by atoms with Gasteiger partial charge < -0.3 is 15.0 Å². The SMILES string of the molecule is Cc1cccc(C)c1-c1cc2nc(n1)NS(=O)(=O)c1cccc(c1)C(=O)N(CC(=O)NCC1CCCC1)[C@H](CC(C)(C)C)CO2. The third-order valence-electron chi connectivity index (χ3n) is 8.41. The largest absolute Gasteiger partial charge is 0.475 e. The van der Waals surface area contributed by atoms with Gasteiger partial charge in [0.05, 0.1) is 16.6 Å². The van der Waals surface area contributed by atoms with Crippen molar-refractivity contribution >= 4 is 27.8 Å². The van der Waals surface area contributed by atoms with Crippen molar-refractivity contribution < 1.29 is 22.7 Å². The molecule has 1 fully saturated rings. The number of fused-ring (bicyclic) bond motifs is 4. The maximum absolute atomic E-state index is 14.2. The van der Waals surface area contributed by atoms with Crippen LogP contribution in [0.4, 0.5) is 5.95 Å². The van der Waals surface area contributed by atoms with Crippen LogP contribution in [0.5, 0.6) is 5.88 Å². The van der Waals surface area contributed by atoms with Gasteiger partial charge in [0.2, 0.25) is 17.7 Å². The molecule has 240 valence electrons. The number of hydrogen-bond donors (Lipinski definition) is 2. The summed E-state index contributed by atoms with van der Waals surface area (Å²) < 4.78 is 35.9. The number of aromatic nitrogens is 2. The third-order valence-corrected chi connectivity index (χ3v) is 9.73. The van der Waals surface area contributed by atoms with Crippen molar-refractivity contribution in [3.05, 3.63) is 65.2 Å². The van der Waals surface area contributed by atoms with Gasteiger partial charge in [0, 0.05) is 23.7 Å². The molecule has 2 aromatic carbocycles. The molecule has 1 aliphatic carbocycles. The van der Waals surface area contributed by atoms with Crippen molar-refractivity contribution in [2.24, 2.45) is 11.3 Å². The summed E-state index contributed by atoms with van der Waals surface area (Å²) in [5.41, 5.74) is 3.20. The fraction of sp³-hybridized carbons (Fsp3) is 0.471. The van der Waals surface area contributed by atoms with Crippen LogP contribution in [0.2, 0.25) is 0 Å². The second kappa shape index (κ2) is 13.2. The van der Waals surface area contributed by atoms with Gasteiger partial charge in [0.25, 0.3) is 15.9 Å². The summed E-state index contributed by atoms with van der Waals surface area (Å²) in [7, 11) is -4.18. The van der Waals surface area contributed by atoms with Crippen molar-refractivity contribution in [1.29, 1.82) is 0 Å². The van der Waals surface area contributed by atoms with Gasteiger partial charge >= 0.3 is 0 Å². The number of hydrogen-bond acceptors (Lipinski definition) is 7. The van der Waals surface area contributed by atoms with E-state index in [0.29, 0.717) is 24.6 Å². The minimum absolute atomic E-state index is 0.0357. The van der Waals surface area contributed by atoms with Gasteiger partial charge in [-0.05, 0) is 73.8 Å². The lowest BCUT2D eigenvalue weighted by Gasteiger charge is -2.35. The number of rotatable bonds is 6. The van der Waals surface area contributed by atoms with E-state index in [1.807, 2.05) is 32.0 Å². The van der Waals surface area contributed by atoms with Crippen molar-refractivity contribution in [2.75, 3.05) is 24.4 Å². The summed E-state index contributed by atoms with van der Waals surface area (Å²) in [6.07, 6.45) is 5.03. The Morgan fingerprint density at radius 3 is 2.42 bits per heavy atom. The summed E-state index contributed by atoms with van der Waals surface area (Å²) in [6, 6.07) is 12.9. The Morgan fingerprint density at radius 1 is 1.04 bits per heavy atom. The first kappa shape index (κ1) is 32.4. The van der Waals surface area contributed by atoms with E-state index in [4.69, 9.17) is 4.74 Å². The maximum Gasteiger partial charge on any atom is 0.264 e. The highest BCUT2D eigenvalue weighted by atomic mass is 32.2. The highest BCUT2D eigenvalue weighted by molar-refractivity contribution is 7.92. The first-order chi connectivity index (χ1) is 21.3. The Hall–Kier alpha value is -3.99. The molecule has 4 bridgehead atoms. The first-order valence-electron chi connectivity index (χ1n) is 15.6. The van der Waals surface area contributed by atoms with Crippen molar-refractivity contribution in [1.82, 2.24) is 20.2 Å². The summed E-state index contributed by atoms with van der Waals surface area (Å²) in [4.78, 5) is 37.9. The fourth-order valence-corrected chi connectivity index (χ4v) is 7.22. The Labute approximate surface area is 266 Å². The predicted octanol–water partition coefficient (Wildman–Crippen LogP) is 5.51. The molecule has 1 aliphatic heterocycles. The van der Waals surface area contributed by atoms with Crippen molar-refractivity contribution in [2.45, 2.75) is 77.7 Å². The van der Waals surface area contributed by atoms with Crippen LogP contribution >= 0.6 is 0 Å². The van der Waals surface area contributed by atoms with Crippen LogP contribution in [0.1, 0.15) is 74.4 Å². The molecule has 0 spiro atoms. The molecule has 0 radical (unpaired) electrons. The molecule has 2 N–H and O–H groups in total. The molecule has 1 saturated carbocycles. The fourth-order valence-electron chi connectivity index (χ4n) is 6.23. The van der Waals surface area contributed by atoms with Gasteiger partial charge in [-0.3, -0.25) is 9.59 Å². The van der Waals surface area contributed by atoms with Crippen LogP contribution in [0, 0.1) is 25.2 Å². The number of carbonyl (C=O) groups excluding carboxylic acids is 2. The molecule has 0 unspecified atom stereocenters. The topological polar surface area (TPSA) is 131 Å². The molecular formula is C34H43N5O5S. The smallest absolute Gasteiger partial charge is 0.264 e. The number of benzene rings is 2. The molecule has 45 heavy (non-hydrogen) atoms. The van der Waals surface area contributed by atoms with E-state index in [1.54, 1.807) is 12.1 Å². The summed E-state index contributed by atoms with van der Waals surface area (Å²) >= 11 is 0. The number of carbonyl (C=O) groups is 2. The van der Waals surface area contributed by atoms with Crippen molar-refractivity contribution in [3.8, 4) is 17.1 Å². The quantitative estimate of drug-likeness (QED) is 0.366. The molecule has 0 saturated heterocycles. The number of nitrogens with zero attached hydrogens (tertiary/aromatic N) is 3. The minimum atomic E-state index is -4.18. The van der Waals surface area contributed by atoms with Crippen LogP contribution in [0.3, 0.4) is 0 Å². The monoisotopic (exact) mass is 633 g/mol. The van der Waals surface area contributed by atoms with E-state index in [1.165, 1.54) is 35.9 Å². The Bertz CT molecular complexity index is 1660. The van der Waals surface area contributed by atoms with E-state index in [9.17, 15) is 18.0 Å². The average molecular weight is 634 g/mol. The molecule has 11 heteroatoms. The molecule has 3 aromatic rings. The van der Waals surface area contributed by atoms with E-state index < -0.39 is 22.0 Å². The van der Waals surface area contributed by atoms with Crippen molar-refractivity contribution in [3.63, 3.8) is 0 Å². The lowest BCUT2D eigenvalue weighted by molar-refractivity contribution is -0.122. The second-order valence-corrected chi connectivity index (χ2v) is 15.1. The summed E-state index contributed by atoms with van der Waals surface area (Å²) in [5.74, 6) is -0.250. The lowest BCUT2D eigenvalue weighted by Crippen LogP contribution is -2.50. The summed E-state index contributed by atoms with van der Waals surface area (Å²) in [6.45, 7) is 10.5. The van der Waals surface area contributed by atoms with Crippen LogP contribution in [-0.4, -0.2) is 60.8 Å². The molecule has 1 aromatic heterocycles. The van der Waals surface area contributed by atoms with E-state index in [0.717, 1.165) is 29.5 Å². The zero-order valence-corrected chi connectivity index (χ0v) is 27.5. The maximum atomic E-state index is 14.2. The first-order valence-corrected chi connectivity index (χ1v) is 17.1. The zero-order valence-electron chi connectivity index (χ0n) is 26.7. The van der Waals surface area contributed by atoms with Gasteiger partial charge in [-0.1, -0.05) is 57.9 Å². The lowest BCUT2D eigenvalue weighted by atomic mass is 9.87. The van der Waals surface area contributed by atoms with Crippen LogP contribution < -0.4 is 14.8 Å². The molecule has 5 rings (SSSR count). The molecule has 1 atom stereocenters. The van der Waals surface area contributed by atoms with Gasteiger partial charge in [-0.15, -0.1) is 0 Å². The van der Waals surface area contributed by atoms with Gasteiger partial charge in [0.15, 0.2) is 0 Å². The standard InChI is InChI=1S/C34H43N5O5S/c1-22-10-8-11-23(2)31(22)28-17-30-37-33(36-28)38-45(42,43)27-15-9-14-25(16-27)32(41)39(26(21-44-30)18-34(3,4)5)20-29(40)35-19-24-12-6-7-13-24/h8-11,14-17,24,26H,6-7,12-13,18-21H2,1-5H3,(H,35,40)(H,36,37,38)/t26-/m1/s1. The van der Waals surface area contributed by atoms with Gasteiger partial charge in [0.1, 0.15) is 13.2 Å². The van der Waals surface area contributed by atoms with Gasteiger partial charge in [-0.25, -0.2) is 18.1 Å². The molecule has 2 heterocycles. The van der Waals surface area contributed by atoms with Gasteiger partial charge in [-0.2, -0.15) is 4.98 Å². The Kier molecular flexibility index (Phi) is 9.48. The number of anilines is 1. The molecule has 2 amide bonds. The van der Waals surface area contributed by atoms with E-state index in [2.05, 4.69) is 40.8 Å². The minimum Gasteiger partial charge on any atom is -0.475 e. The zero-order chi connectivity index (χ0) is 32.4. The van der Waals surface area contributed by atoms with Crippen LogP contribution in [0.15, 0.2) is 53.4 Å². The number of nitrogens with one attached hydrogen (secondary N) is 2. The second-order valence-electron chi connectivity index (χ2n) is 13.4. The number of sulfonamides is 1. The molecule has 10 nitrogen and oxygen atoms in total. The highest BCUT2D eigenvalue weighted by Crippen LogP contribution is 2.31. The number of aryl methyl sites for hydroxylation is 2. The molecule has 2 aliphatic rings.